The van der Waals surface area contributed by atoms with E-state index in [0.29, 0.717) is 24.9 Å². The SMILES string of the molecule is Cc1cccc(Nc2nc(N)c([N+](=O)[O-])c(N3C[C@H](C)C[C@@H](C)C3)n2)c1. The lowest BCUT2D eigenvalue weighted by Gasteiger charge is -2.35. The van der Waals surface area contributed by atoms with E-state index in [9.17, 15) is 10.1 Å². The molecule has 1 aliphatic rings. The van der Waals surface area contributed by atoms with Crippen LogP contribution in [-0.4, -0.2) is 28.0 Å². The van der Waals surface area contributed by atoms with Crippen molar-refractivity contribution in [3.8, 4) is 0 Å². The van der Waals surface area contributed by atoms with Gasteiger partial charge in [0.1, 0.15) is 0 Å². The number of nitrogens with two attached hydrogens (primary N) is 1. The lowest BCUT2D eigenvalue weighted by molar-refractivity contribution is -0.383. The van der Waals surface area contributed by atoms with Gasteiger partial charge < -0.3 is 16.0 Å². The summed E-state index contributed by atoms with van der Waals surface area (Å²) in [7, 11) is 0. The molecule has 3 N–H and O–H groups in total. The standard InChI is InChI=1S/C18H24N6O2/c1-11-5-4-6-14(8-11)20-18-21-16(19)15(24(25)26)17(22-18)23-9-12(2)7-13(3)10-23/h4-6,8,12-13H,7,9-10H2,1-3H3,(H3,19,20,21,22)/t12-,13-/m1/s1. The number of aryl methyl sites for hydroxylation is 1. The minimum Gasteiger partial charge on any atom is -0.378 e. The van der Waals surface area contributed by atoms with Gasteiger partial charge in [0.25, 0.3) is 0 Å². The number of nitrogens with one attached hydrogen (secondary N) is 1. The van der Waals surface area contributed by atoms with E-state index in [2.05, 4.69) is 29.1 Å². The smallest absolute Gasteiger partial charge is 0.353 e. The predicted octanol–water partition coefficient (Wildman–Crippen LogP) is 3.50. The molecular formula is C18H24N6O2. The van der Waals surface area contributed by atoms with Gasteiger partial charge in [-0.2, -0.15) is 9.97 Å². The zero-order chi connectivity index (χ0) is 18.8. The molecule has 1 aromatic heterocycles. The number of aromatic nitrogens is 2. The molecule has 0 saturated carbocycles. The summed E-state index contributed by atoms with van der Waals surface area (Å²) >= 11 is 0. The average molecular weight is 356 g/mol. The molecule has 8 nitrogen and oxygen atoms in total. The molecule has 2 heterocycles. The van der Waals surface area contributed by atoms with Gasteiger partial charge in [0.05, 0.1) is 4.92 Å². The number of nitrogen functional groups attached to an aromatic ring is 1. The van der Waals surface area contributed by atoms with Crippen molar-refractivity contribution in [2.75, 3.05) is 29.0 Å². The maximum Gasteiger partial charge on any atom is 0.353 e. The summed E-state index contributed by atoms with van der Waals surface area (Å²) in [5.74, 6) is 1.29. The molecule has 0 unspecified atom stereocenters. The minimum atomic E-state index is -0.495. The molecule has 0 amide bonds. The van der Waals surface area contributed by atoms with E-state index < -0.39 is 4.92 Å². The van der Waals surface area contributed by atoms with E-state index in [0.717, 1.165) is 17.7 Å². The minimum absolute atomic E-state index is 0.124. The highest BCUT2D eigenvalue weighted by Gasteiger charge is 2.31. The number of anilines is 4. The number of hydrogen-bond donors (Lipinski definition) is 2. The summed E-state index contributed by atoms with van der Waals surface area (Å²) in [5, 5.41) is 14.7. The van der Waals surface area contributed by atoms with Crippen LogP contribution in [-0.2, 0) is 0 Å². The van der Waals surface area contributed by atoms with Crippen LogP contribution in [0.25, 0.3) is 0 Å². The van der Waals surface area contributed by atoms with Gasteiger partial charge in [0, 0.05) is 18.8 Å². The van der Waals surface area contributed by atoms with Crippen molar-refractivity contribution in [1.82, 2.24) is 9.97 Å². The van der Waals surface area contributed by atoms with Gasteiger partial charge >= 0.3 is 5.69 Å². The number of nitrogens with zero attached hydrogens (tertiary/aromatic N) is 4. The van der Waals surface area contributed by atoms with E-state index in [4.69, 9.17) is 5.73 Å². The predicted molar refractivity (Wildman–Crippen MR) is 103 cm³/mol. The van der Waals surface area contributed by atoms with E-state index in [1.54, 1.807) is 0 Å². The van der Waals surface area contributed by atoms with Crippen molar-refractivity contribution in [3.05, 3.63) is 39.9 Å². The molecule has 3 rings (SSSR count). The summed E-state index contributed by atoms with van der Waals surface area (Å²) in [4.78, 5) is 21.6. The third-order valence-electron chi connectivity index (χ3n) is 4.52. The Hall–Kier alpha value is -2.90. The van der Waals surface area contributed by atoms with Gasteiger partial charge in [0.15, 0.2) is 0 Å². The van der Waals surface area contributed by atoms with Crippen LogP contribution < -0.4 is 16.0 Å². The van der Waals surface area contributed by atoms with Crippen molar-refractivity contribution in [2.24, 2.45) is 11.8 Å². The third kappa shape index (κ3) is 3.84. The van der Waals surface area contributed by atoms with Crippen LogP contribution in [0.4, 0.5) is 29.0 Å². The van der Waals surface area contributed by atoms with Crippen molar-refractivity contribution >= 4 is 29.0 Å². The highest BCUT2D eigenvalue weighted by molar-refractivity contribution is 5.72. The Kier molecular flexibility index (Phi) is 4.92. The molecule has 1 aromatic carbocycles. The first kappa shape index (κ1) is 17.9. The molecule has 0 radical (unpaired) electrons. The maximum atomic E-state index is 11.6. The van der Waals surface area contributed by atoms with Crippen molar-refractivity contribution < 1.29 is 4.92 Å². The molecule has 138 valence electrons. The van der Waals surface area contributed by atoms with E-state index in [1.807, 2.05) is 36.1 Å². The fourth-order valence-corrected chi connectivity index (χ4v) is 3.60. The van der Waals surface area contributed by atoms with Crippen molar-refractivity contribution in [3.63, 3.8) is 0 Å². The molecule has 2 atom stereocenters. The summed E-state index contributed by atoms with van der Waals surface area (Å²) in [6.07, 6.45) is 1.10. The lowest BCUT2D eigenvalue weighted by Crippen LogP contribution is -2.39. The number of hydrogen-bond acceptors (Lipinski definition) is 7. The number of benzene rings is 1. The topological polar surface area (TPSA) is 110 Å². The number of piperidine rings is 1. The molecule has 2 aromatic rings. The Morgan fingerprint density at radius 1 is 1.27 bits per heavy atom. The van der Waals surface area contributed by atoms with Gasteiger partial charge in [0.2, 0.25) is 17.6 Å². The molecule has 26 heavy (non-hydrogen) atoms. The Labute approximate surface area is 152 Å². The summed E-state index contributed by atoms with van der Waals surface area (Å²) in [6.45, 7) is 7.70. The highest BCUT2D eigenvalue weighted by atomic mass is 16.6. The van der Waals surface area contributed by atoms with Crippen LogP contribution in [0.1, 0.15) is 25.8 Å². The second-order valence-electron chi connectivity index (χ2n) is 7.21. The molecular weight excluding hydrogens is 332 g/mol. The largest absolute Gasteiger partial charge is 0.378 e. The third-order valence-corrected chi connectivity index (χ3v) is 4.52. The summed E-state index contributed by atoms with van der Waals surface area (Å²) < 4.78 is 0. The van der Waals surface area contributed by atoms with Crippen LogP contribution in [0.2, 0.25) is 0 Å². The molecule has 0 aliphatic carbocycles. The zero-order valence-electron chi connectivity index (χ0n) is 15.3. The van der Waals surface area contributed by atoms with Gasteiger partial charge in [-0.3, -0.25) is 10.1 Å². The first-order valence-corrected chi connectivity index (χ1v) is 8.74. The van der Waals surface area contributed by atoms with Crippen molar-refractivity contribution in [1.29, 1.82) is 0 Å². The molecule has 0 spiro atoms. The van der Waals surface area contributed by atoms with Gasteiger partial charge in [-0.1, -0.05) is 26.0 Å². The second kappa shape index (κ2) is 7.15. The Morgan fingerprint density at radius 2 is 1.96 bits per heavy atom. The van der Waals surface area contributed by atoms with E-state index in [1.165, 1.54) is 0 Å². The Bertz CT molecular complexity index is 815. The van der Waals surface area contributed by atoms with Crippen LogP contribution in [0.5, 0.6) is 0 Å². The van der Waals surface area contributed by atoms with Crippen LogP contribution >= 0.6 is 0 Å². The van der Waals surface area contributed by atoms with Crippen LogP contribution in [0.15, 0.2) is 24.3 Å². The van der Waals surface area contributed by atoms with E-state index in [-0.39, 0.29) is 23.3 Å². The Morgan fingerprint density at radius 3 is 2.58 bits per heavy atom. The number of rotatable bonds is 4. The first-order valence-electron chi connectivity index (χ1n) is 8.74. The molecule has 0 bridgehead atoms. The van der Waals surface area contributed by atoms with Gasteiger partial charge in [-0.25, -0.2) is 0 Å². The maximum absolute atomic E-state index is 11.6. The monoisotopic (exact) mass is 356 g/mol. The Balaban J connectivity index is 2.00. The quantitative estimate of drug-likeness (QED) is 0.637. The number of nitro groups is 1. The normalized spacial score (nSPS) is 20.0. The van der Waals surface area contributed by atoms with Gasteiger partial charge in [-0.15, -0.1) is 0 Å². The molecule has 1 saturated heterocycles. The lowest BCUT2D eigenvalue weighted by atomic mass is 9.92. The van der Waals surface area contributed by atoms with Gasteiger partial charge in [-0.05, 0) is 42.9 Å². The van der Waals surface area contributed by atoms with Crippen molar-refractivity contribution in [2.45, 2.75) is 27.2 Å². The first-order chi connectivity index (χ1) is 12.3. The molecule has 8 heteroatoms. The molecule has 1 aliphatic heterocycles. The fourth-order valence-electron chi connectivity index (χ4n) is 3.60. The average Bonchev–Trinajstić information content (AvgIpc) is 2.53. The van der Waals surface area contributed by atoms with E-state index >= 15 is 0 Å². The molecule has 1 fully saturated rings. The fraction of sp³-hybridized carbons (Fsp3) is 0.444. The van der Waals surface area contributed by atoms with Crippen LogP contribution in [0, 0.1) is 28.9 Å². The summed E-state index contributed by atoms with van der Waals surface area (Å²) in [6, 6.07) is 7.74. The van der Waals surface area contributed by atoms with Crippen LogP contribution in [0.3, 0.4) is 0 Å². The summed E-state index contributed by atoms with van der Waals surface area (Å²) in [5.41, 5.74) is 7.60. The zero-order valence-corrected chi connectivity index (χ0v) is 15.3. The highest BCUT2D eigenvalue weighted by Crippen LogP contribution is 2.35. The second-order valence-corrected chi connectivity index (χ2v) is 7.21.